The fourth-order valence-corrected chi connectivity index (χ4v) is 2.76. The van der Waals surface area contributed by atoms with E-state index in [0.717, 1.165) is 24.8 Å². The Kier molecular flexibility index (Phi) is 4.46. The quantitative estimate of drug-likeness (QED) is 0.875. The predicted octanol–water partition coefficient (Wildman–Crippen LogP) is 3.02. The first-order chi connectivity index (χ1) is 9.10. The van der Waals surface area contributed by atoms with Crippen LogP contribution in [-0.2, 0) is 11.2 Å². The zero-order valence-electron chi connectivity index (χ0n) is 11.6. The third-order valence-corrected chi connectivity index (χ3v) is 4.14. The summed E-state index contributed by atoms with van der Waals surface area (Å²) in [6, 6.07) is 7.15. The second-order valence-corrected chi connectivity index (χ2v) is 5.79. The van der Waals surface area contributed by atoms with E-state index in [2.05, 4.69) is 12.2 Å². The standard InChI is InChI=1S/C16H23NO2/c1-16(10-3-2-4-11-16)15(19)17-12-9-13-5-7-14(18)8-6-13/h5-8,18H,2-4,9-12H2,1H3,(H,17,19). The van der Waals surface area contributed by atoms with Crippen molar-refractivity contribution >= 4 is 5.91 Å². The molecule has 0 atom stereocenters. The van der Waals surface area contributed by atoms with Crippen molar-refractivity contribution in [1.82, 2.24) is 5.32 Å². The first-order valence-electron chi connectivity index (χ1n) is 7.16. The van der Waals surface area contributed by atoms with Gasteiger partial charge in [-0.05, 0) is 37.0 Å². The molecule has 0 aromatic heterocycles. The number of hydrogen-bond acceptors (Lipinski definition) is 2. The zero-order valence-corrected chi connectivity index (χ0v) is 11.6. The van der Waals surface area contributed by atoms with Crippen molar-refractivity contribution in [3.05, 3.63) is 29.8 Å². The van der Waals surface area contributed by atoms with Crippen LogP contribution in [0.3, 0.4) is 0 Å². The summed E-state index contributed by atoms with van der Waals surface area (Å²) < 4.78 is 0. The molecule has 3 nitrogen and oxygen atoms in total. The van der Waals surface area contributed by atoms with E-state index < -0.39 is 0 Å². The molecule has 0 bridgehead atoms. The molecule has 2 N–H and O–H groups in total. The maximum atomic E-state index is 12.2. The highest BCUT2D eigenvalue weighted by molar-refractivity contribution is 5.82. The molecule has 1 aliphatic carbocycles. The number of phenols is 1. The molecular weight excluding hydrogens is 238 g/mol. The average Bonchev–Trinajstić information content (AvgIpc) is 2.42. The summed E-state index contributed by atoms with van der Waals surface area (Å²) >= 11 is 0. The molecule has 0 spiro atoms. The Morgan fingerprint density at radius 3 is 2.47 bits per heavy atom. The second-order valence-electron chi connectivity index (χ2n) is 5.79. The average molecular weight is 261 g/mol. The number of phenolic OH excluding ortho intramolecular Hbond substituents is 1. The SMILES string of the molecule is CC1(C(=O)NCCc2ccc(O)cc2)CCCCC1. The number of carbonyl (C=O) groups excluding carboxylic acids is 1. The fourth-order valence-electron chi connectivity index (χ4n) is 2.76. The smallest absolute Gasteiger partial charge is 0.225 e. The van der Waals surface area contributed by atoms with E-state index in [-0.39, 0.29) is 17.1 Å². The molecule has 1 saturated carbocycles. The summed E-state index contributed by atoms with van der Waals surface area (Å²) in [7, 11) is 0. The molecule has 1 aliphatic rings. The number of nitrogens with one attached hydrogen (secondary N) is 1. The third kappa shape index (κ3) is 3.72. The minimum Gasteiger partial charge on any atom is -0.508 e. The van der Waals surface area contributed by atoms with Gasteiger partial charge in [0.1, 0.15) is 5.75 Å². The Balaban J connectivity index is 1.78. The van der Waals surface area contributed by atoms with Gasteiger partial charge in [0.2, 0.25) is 5.91 Å². The van der Waals surface area contributed by atoms with Gasteiger partial charge < -0.3 is 10.4 Å². The molecule has 2 rings (SSSR count). The molecular formula is C16H23NO2. The maximum Gasteiger partial charge on any atom is 0.225 e. The maximum absolute atomic E-state index is 12.2. The van der Waals surface area contributed by atoms with Crippen molar-refractivity contribution in [3.8, 4) is 5.75 Å². The Morgan fingerprint density at radius 2 is 1.84 bits per heavy atom. The summed E-state index contributed by atoms with van der Waals surface area (Å²) in [6.45, 7) is 2.75. The lowest BCUT2D eigenvalue weighted by Gasteiger charge is -2.32. The molecule has 19 heavy (non-hydrogen) atoms. The number of hydrogen-bond donors (Lipinski definition) is 2. The van der Waals surface area contributed by atoms with Gasteiger partial charge in [-0.3, -0.25) is 4.79 Å². The lowest BCUT2D eigenvalue weighted by molar-refractivity contribution is -0.131. The van der Waals surface area contributed by atoms with Crippen LogP contribution in [0.25, 0.3) is 0 Å². The molecule has 0 aliphatic heterocycles. The highest BCUT2D eigenvalue weighted by Crippen LogP contribution is 2.35. The van der Waals surface area contributed by atoms with Crippen molar-refractivity contribution in [2.75, 3.05) is 6.54 Å². The molecule has 0 saturated heterocycles. The first-order valence-corrected chi connectivity index (χ1v) is 7.16. The van der Waals surface area contributed by atoms with Crippen molar-refractivity contribution < 1.29 is 9.90 Å². The number of rotatable bonds is 4. The van der Waals surface area contributed by atoms with Crippen LogP contribution in [0.1, 0.15) is 44.6 Å². The van der Waals surface area contributed by atoms with Gasteiger partial charge in [-0.1, -0.05) is 38.3 Å². The van der Waals surface area contributed by atoms with Crippen LogP contribution < -0.4 is 5.32 Å². The molecule has 1 fully saturated rings. The lowest BCUT2D eigenvalue weighted by Crippen LogP contribution is -2.41. The third-order valence-electron chi connectivity index (χ3n) is 4.14. The van der Waals surface area contributed by atoms with E-state index in [1.807, 2.05) is 12.1 Å². The summed E-state index contributed by atoms with van der Waals surface area (Å²) in [5, 5.41) is 12.3. The summed E-state index contributed by atoms with van der Waals surface area (Å²) in [5.41, 5.74) is 0.972. The predicted molar refractivity (Wildman–Crippen MR) is 76.0 cm³/mol. The molecule has 0 radical (unpaired) electrons. The monoisotopic (exact) mass is 261 g/mol. The van der Waals surface area contributed by atoms with Gasteiger partial charge in [0.15, 0.2) is 0 Å². The molecule has 1 aromatic carbocycles. The molecule has 0 unspecified atom stereocenters. The Labute approximate surface area is 115 Å². The van der Waals surface area contributed by atoms with Gasteiger partial charge in [0.25, 0.3) is 0 Å². The van der Waals surface area contributed by atoms with E-state index in [1.54, 1.807) is 12.1 Å². The van der Waals surface area contributed by atoms with Crippen LogP contribution in [-0.4, -0.2) is 17.6 Å². The van der Waals surface area contributed by atoms with Crippen LogP contribution in [0.2, 0.25) is 0 Å². The van der Waals surface area contributed by atoms with Crippen molar-refractivity contribution in [2.24, 2.45) is 5.41 Å². The Hall–Kier alpha value is -1.51. The molecule has 1 amide bonds. The number of aromatic hydroxyl groups is 1. The summed E-state index contributed by atoms with van der Waals surface area (Å²) in [6.07, 6.45) is 6.43. The van der Waals surface area contributed by atoms with Gasteiger partial charge >= 0.3 is 0 Å². The number of benzene rings is 1. The second kappa shape index (κ2) is 6.09. The highest BCUT2D eigenvalue weighted by Gasteiger charge is 2.33. The Morgan fingerprint density at radius 1 is 1.21 bits per heavy atom. The van der Waals surface area contributed by atoms with Gasteiger partial charge in [0.05, 0.1) is 0 Å². The molecule has 0 heterocycles. The zero-order chi connectivity index (χ0) is 13.7. The minimum absolute atomic E-state index is 0.160. The van der Waals surface area contributed by atoms with E-state index in [1.165, 1.54) is 19.3 Å². The highest BCUT2D eigenvalue weighted by atomic mass is 16.3. The topological polar surface area (TPSA) is 49.3 Å². The lowest BCUT2D eigenvalue weighted by atomic mass is 9.75. The van der Waals surface area contributed by atoms with Crippen molar-refractivity contribution in [3.63, 3.8) is 0 Å². The van der Waals surface area contributed by atoms with E-state index in [9.17, 15) is 9.90 Å². The van der Waals surface area contributed by atoms with Crippen LogP contribution in [0.5, 0.6) is 5.75 Å². The number of carbonyl (C=O) groups is 1. The Bertz CT molecular complexity index is 419. The first kappa shape index (κ1) is 13.9. The summed E-state index contributed by atoms with van der Waals surface area (Å²) in [4.78, 5) is 12.2. The fraction of sp³-hybridized carbons (Fsp3) is 0.562. The molecule has 3 heteroatoms. The van der Waals surface area contributed by atoms with Gasteiger partial charge in [-0.15, -0.1) is 0 Å². The van der Waals surface area contributed by atoms with Crippen LogP contribution in [0.15, 0.2) is 24.3 Å². The normalized spacial score (nSPS) is 17.9. The summed E-state index contributed by atoms with van der Waals surface area (Å²) in [5.74, 6) is 0.480. The van der Waals surface area contributed by atoms with Gasteiger partial charge in [0, 0.05) is 12.0 Å². The van der Waals surface area contributed by atoms with Gasteiger partial charge in [-0.25, -0.2) is 0 Å². The molecule has 104 valence electrons. The van der Waals surface area contributed by atoms with Crippen molar-refractivity contribution in [1.29, 1.82) is 0 Å². The van der Waals surface area contributed by atoms with Crippen LogP contribution >= 0.6 is 0 Å². The largest absolute Gasteiger partial charge is 0.508 e. The van der Waals surface area contributed by atoms with Crippen molar-refractivity contribution in [2.45, 2.75) is 45.4 Å². The van der Waals surface area contributed by atoms with E-state index in [0.29, 0.717) is 6.54 Å². The van der Waals surface area contributed by atoms with Crippen LogP contribution in [0, 0.1) is 5.41 Å². The number of amides is 1. The van der Waals surface area contributed by atoms with E-state index >= 15 is 0 Å². The van der Waals surface area contributed by atoms with Crippen LogP contribution in [0.4, 0.5) is 0 Å². The minimum atomic E-state index is -0.160. The van der Waals surface area contributed by atoms with E-state index in [4.69, 9.17) is 0 Å². The van der Waals surface area contributed by atoms with Gasteiger partial charge in [-0.2, -0.15) is 0 Å². The molecule has 1 aromatic rings.